The molecule has 116 valence electrons. The van der Waals surface area contributed by atoms with E-state index in [0.717, 1.165) is 10.8 Å². The lowest BCUT2D eigenvalue weighted by atomic mass is 10.3. The van der Waals surface area contributed by atoms with Crippen molar-refractivity contribution < 1.29 is 9.18 Å². The number of nitrogens with one attached hydrogen (secondary N) is 1. The molecule has 1 amide bonds. The highest BCUT2D eigenvalue weighted by Gasteiger charge is 2.14. The van der Waals surface area contributed by atoms with E-state index in [4.69, 9.17) is 0 Å². The Hall–Kier alpha value is -2.73. The number of thiazole rings is 1. The Kier molecular flexibility index (Phi) is 4.34. The third kappa shape index (κ3) is 3.54. The molecular weight excluding hydrogens is 313 g/mol. The molecule has 1 N–H and O–H groups in total. The van der Waals surface area contributed by atoms with Gasteiger partial charge < -0.3 is 10.2 Å². The number of aromatic nitrogens is 1. The highest BCUT2D eigenvalue weighted by Crippen LogP contribution is 2.26. The summed E-state index contributed by atoms with van der Waals surface area (Å²) in [7, 11) is 1.90. The van der Waals surface area contributed by atoms with Gasteiger partial charge in [0.25, 0.3) is 5.91 Å². The van der Waals surface area contributed by atoms with E-state index in [1.54, 1.807) is 5.38 Å². The SMILES string of the molecule is CN(c1ccccc1)c1nc(C(=O)Nc2ccc(F)cc2)cs1. The van der Waals surface area contributed by atoms with Crippen LogP contribution in [0, 0.1) is 5.82 Å². The number of para-hydroxylation sites is 1. The van der Waals surface area contributed by atoms with Gasteiger partial charge in [0.1, 0.15) is 11.5 Å². The summed E-state index contributed by atoms with van der Waals surface area (Å²) in [4.78, 5) is 18.5. The van der Waals surface area contributed by atoms with Gasteiger partial charge in [-0.15, -0.1) is 11.3 Å². The first-order chi connectivity index (χ1) is 11.1. The van der Waals surface area contributed by atoms with Crippen LogP contribution in [0.3, 0.4) is 0 Å². The summed E-state index contributed by atoms with van der Waals surface area (Å²) in [5.41, 5.74) is 1.85. The fraction of sp³-hybridized carbons (Fsp3) is 0.0588. The third-order valence-electron chi connectivity index (χ3n) is 3.26. The van der Waals surface area contributed by atoms with E-state index in [9.17, 15) is 9.18 Å². The van der Waals surface area contributed by atoms with Gasteiger partial charge in [0, 0.05) is 23.8 Å². The molecular formula is C17H14FN3OS. The molecule has 0 radical (unpaired) electrons. The Bertz CT molecular complexity index is 802. The molecule has 3 aromatic rings. The van der Waals surface area contributed by atoms with E-state index in [2.05, 4.69) is 10.3 Å². The van der Waals surface area contributed by atoms with Crippen LogP contribution >= 0.6 is 11.3 Å². The molecule has 0 atom stereocenters. The van der Waals surface area contributed by atoms with Crippen LogP contribution in [0.15, 0.2) is 60.0 Å². The van der Waals surface area contributed by atoms with E-state index in [1.165, 1.54) is 35.6 Å². The largest absolute Gasteiger partial charge is 0.321 e. The predicted octanol–water partition coefficient (Wildman–Crippen LogP) is 4.30. The Morgan fingerprint density at radius 1 is 1.13 bits per heavy atom. The van der Waals surface area contributed by atoms with E-state index in [-0.39, 0.29) is 11.7 Å². The van der Waals surface area contributed by atoms with Crippen molar-refractivity contribution in [3.63, 3.8) is 0 Å². The normalized spacial score (nSPS) is 10.3. The third-order valence-corrected chi connectivity index (χ3v) is 4.17. The van der Waals surface area contributed by atoms with Crippen molar-refractivity contribution in [1.82, 2.24) is 4.98 Å². The fourth-order valence-corrected chi connectivity index (χ4v) is 2.80. The summed E-state index contributed by atoms with van der Waals surface area (Å²) in [6, 6.07) is 15.4. The van der Waals surface area contributed by atoms with Crippen LogP contribution in [0.25, 0.3) is 0 Å². The van der Waals surface area contributed by atoms with Gasteiger partial charge in [0.05, 0.1) is 0 Å². The molecule has 0 spiro atoms. The summed E-state index contributed by atoms with van der Waals surface area (Å²) in [6.45, 7) is 0. The standard InChI is InChI=1S/C17H14FN3OS/c1-21(14-5-3-2-4-6-14)17-20-15(11-23-17)16(22)19-13-9-7-12(18)8-10-13/h2-11H,1H3,(H,19,22). The van der Waals surface area contributed by atoms with E-state index >= 15 is 0 Å². The van der Waals surface area contributed by atoms with Gasteiger partial charge in [-0.05, 0) is 36.4 Å². The number of halogens is 1. The average Bonchev–Trinajstić information content (AvgIpc) is 3.07. The molecule has 0 aliphatic rings. The fourth-order valence-electron chi connectivity index (χ4n) is 2.01. The molecule has 3 rings (SSSR count). The van der Waals surface area contributed by atoms with Gasteiger partial charge >= 0.3 is 0 Å². The minimum atomic E-state index is -0.344. The van der Waals surface area contributed by atoms with Crippen molar-refractivity contribution in [2.75, 3.05) is 17.3 Å². The maximum Gasteiger partial charge on any atom is 0.275 e. The molecule has 0 unspecified atom stereocenters. The number of benzene rings is 2. The smallest absolute Gasteiger partial charge is 0.275 e. The quantitative estimate of drug-likeness (QED) is 0.777. The minimum absolute atomic E-state index is 0.319. The Labute approximate surface area is 137 Å². The molecule has 2 aromatic carbocycles. The molecule has 0 aliphatic heterocycles. The second-order valence-corrected chi connectivity index (χ2v) is 5.71. The van der Waals surface area contributed by atoms with Crippen molar-refractivity contribution in [2.45, 2.75) is 0 Å². The van der Waals surface area contributed by atoms with Crippen LogP contribution in [0.2, 0.25) is 0 Å². The minimum Gasteiger partial charge on any atom is -0.321 e. The first-order valence-corrected chi connectivity index (χ1v) is 7.82. The number of hydrogen-bond acceptors (Lipinski definition) is 4. The van der Waals surface area contributed by atoms with Gasteiger partial charge in [-0.3, -0.25) is 4.79 Å². The molecule has 1 aromatic heterocycles. The zero-order chi connectivity index (χ0) is 16.2. The van der Waals surface area contributed by atoms with Gasteiger partial charge in [0.15, 0.2) is 5.13 Å². The molecule has 6 heteroatoms. The second-order valence-electron chi connectivity index (χ2n) is 4.87. The Morgan fingerprint density at radius 2 is 1.83 bits per heavy atom. The number of carbonyl (C=O) groups is 1. The second kappa shape index (κ2) is 6.58. The molecule has 0 saturated carbocycles. The maximum absolute atomic E-state index is 12.9. The van der Waals surface area contributed by atoms with Gasteiger partial charge in [-0.25, -0.2) is 9.37 Å². The maximum atomic E-state index is 12.9. The van der Waals surface area contributed by atoms with E-state index < -0.39 is 0 Å². The highest BCUT2D eigenvalue weighted by molar-refractivity contribution is 7.14. The van der Waals surface area contributed by atoms with Gasteiger partial charge in [-0.1, -0.05) is 18.2 Å². The van der Waals surface area contributed by atoms with Gasteiger partial charge in [0.2, 0.25) is 0 Å². The van der Waals surface area contributed by atoms with Crippen LogP contribution in [0.1, 0.15) is 10.5 Å². The lowest BCUT2D eigenvalue weighted by molar-refractivity contribution is 0.102. The van der Waals surface area contributed by atoms with Crippen LogP contribution in [-0.4, -0.2) is 17.9 Å². The topological polar surface area (TPSA) is 45.2 Å². The number of rotatable bonds is 4. The molecule has 4 nitrogen and oxygen atoms in total. The van der Waals surface area contributed by atoms with E-state index in [1.807, 2.05) is 42.3 Å². The first-order valence-electron chi connectivity index (χ1n) is 6.95. The summed E-state index contributed by atoms with van der Waals surface area (Å²) < 4.78 is 12.9. The monoisotopic (exact) mass is 327 g/mol. The summed E-state index contributed by atoms with van der Waals surface area (Å²) in [5.74, 6) is -0.663. The molecule has 23 heavy (non-hydrogen) atoms. The molecule has 0 aliphatic carbocycles. The zero-order valence-electron chi connectivity index (χ0n) is 12.4. The van der Waals surface area contributed by atoms with Crippen molar-refractivity contribution in [3.8, 4) is 0 Å². The van der Waals surface area contributed by atoms with Gasteiger partial charge in [-0.2, -0.15) is 0 Å². The van der Waals surface area contributed by atoms with Crippen molar-refractivity contribution >= 4 is 33.8 Å². The number of anilines is 3. The number of hydrogen-bond donors (Lipinski definition) is 1. The highest BCUT2D eigenvalue weighted by atomic mass is 32.1. The number of carbonyl (C=O) groups excluding carboxylic acids is 1. The summed E-state index contributed by atoms with van der Waals surface area (Å²) in [6.07, 6.45) is 0. The van der Waals surface area contributed by atoms with Crippen molar-refractivity contribution in [3.05, 3.63) is 71.5 Å². The number of nitrogens with zero attached hydrogens (tertiary/aromatic N) is 2. The predicted molar refractivity (Wildman–Crippen MR) is 91.0 cm³/mol. The van der Waals surface area contributed by atoms with Crippen LogP contribution in [0.4, 0.5) is 20.9 Å². The van der Waals surface area contributed by atoms with Crippen LogP contribution in [0.5, 0.6) is 0 Å². The zero-order valence-corrected chi connectivity index (χ0v) is 13.2. The lowest BCUT2D eigenvalue weighted by Gasteiger charge is -2.15. The number of amides is 1. The Balaban J connectivity index is 1.73. The molecule has 1 heterocycles. The van der Waals surface area contributed by atoms with Crippen molar-refractivity contribution in [1.29, 1.82) is 0 Å². The van der Waals surface area contributed by atoms with Crippen molar-refractivity contribution in [2.24, 2.45) is 0 Å². The molecule has 0 bridgehead atoms. The summed E-state index contributed by atoms with van der Waals surface area (Å²) >= 11 is 1.39. The Morgan fingerprint density at radius 3 is 2.52 bits per heavy atom. The first kappa shape index (κ1) is 15.2. The van der Waals surface area contributed by atoms with E-state index in [0.29, 0.717) is 11.4 Å². The lowest BCUT2D eigenvalue weighted by Crippen LogP contribution is -2.13. The van der Waals surface area contributed by atoms with Crippen LogP contribution < -0.4 is 10.2 Å². The molecule has 0 saturated heterocycles. The summed E-state index contributed by atoms with van der Waals surface area (Å²) in [5, 5.41) is 5.12. The molecule has 0 fully saturated rings. The average molecular weight is 327 g/mol. The van der Waals surface area contributed by atoms with Crippen LogP contribution in [-0.2, 0) is 0 Å².